The van der Waals surface area contributed by atoms with Gasteiger partial charge < -0.3 is 25.1 Å². The molecule has 0 unspecified atom stereocenters. The lowest BCUT2D eigenvalue weighted by atomic mass is 9.97. The van der Waals surface area contributed by atoms with Gasteiger partial charge in [0.1, 0.15) is 17.7 Å². The SMILES string of the molecule is CC(C)Cc1ccc([C@H](O)[C@H](NC(=O)OC(C)(C)C)C(=O)[O-])cc1. The van der Waals surface area contributed by atoms with Crippen molar-refractivity contribution in [3.63, 3.8) is 0 Å². The van der Waals surface area contributed by atoms with Crippen LogP contribution in [0, 0.1) is 5.92 Å². The van der Waals surface area contributed by atoms with Gasteiger partial charge in [-0.05, 0) is 44.2 Å². The molecule has 0 heterocycles. The van der Waals surface area contributed by atoms with E-state index in [1.54, 1.807) is 32.9 Å². The maximum atomic E-state index is 11.7. The number of amides is 1. The molecule has 1 amide bonds. The van der Waals surface area contributed by atoms with Gasteiger partial charge in [-0.25, -0.2) is 4.79 Å². The van der Waals surface area contributed by atoms with Crippen molar-refractivity contribution < 1.29 is 24.5 Å². The van der Waals surface area contributed by atoms with E-state index in [4.69, 9.17) is 4.74 Å². The first kappa shape index (κ1) is 20.0. The third kappa shape index (κ3) is 6.58. The molecule has 134 valence electrons. The Bertz CT molecular complexity index is 560. The Morgan fingerprint density at radius 2 is 1.75 bits per heavy atom. The minimum Gasteiger partial charge on any atom is -0.548 e. The van der Waals surface area contributed by atoms with Crippen molar-refractivity contribution >= 4 is 12.1 Å². The van der Waals surface area contributed by atoms with E-state index in [0.717, 1.165) is 12.0 Å². The maximum Gasteiger partial charge on any atom is 0.408 e. The van der Waals surface area contributed by atoms with Crippen LogP contribution in [0.5, 0.6) is 0 Å². The quantitative estimate of drug-likeness (QED) is 0.821. The van der Waals surface area contributed by atoms with Gasteiger partial charge >= 0.3 is 6.09 Å². The zero-order valence-electron chi connectivity index (χ0n) is 14.8. The van der Waals surface area contributed by atoms with E-state index in [2.05, 4.69) is 19.2 Å². The van der Waals surface area contributed by atoms with E-state index in [9.17, 15) is 19.8 Å². The van der Waals surface area contributed by atoms with Gasteiger partial charge in [0.05, 0.1) is 5.97 Å². The Hall–Kier alpha value is -2.08. The van der Waals surface area contributed by atoms with Crippen LogP contribution in [0.4, 0.5) is 4.79 Å². The lowest BCUT2D eigenvalue weighted by Crippen LogP contribution is -2.52. The normalized spacial score (nSPS) is 14.1. The number of aliphatic hydroxyl groups is 1. The van der Waals surface area contributed by atoms with Crippen LogP contribution in [0.15, 0.2) is 24.3 Å². The number of hydrogen-bond donors (Lipinski definition) is 2. The van der Waals surface area contributed by atoms with Crippen molar-refractivity contribution in [3.05, 3.63) is 35.4 Å². The molecular weight excluding hydrogens is 310 g/mol. The Morgan fingerprint density at radius 3 is 2.17 bits per heavy atom. The van der Waals surface area contributed by atoms with Crippen LogP contribution in [-0.4, -0.2) is 28.8 Å². The zero-order valence-corrected chi connectivity index (χ0v) is 14.8. The summed E-state index contributed by atoms with van der Waals surface area (Å²) in [6.07, 6.45) is -1.47. The average Bonchev–Trinajstić information content (AvgIpc) is 2.42. The van der Waals surface area contributed by atoms with Gasteiger partial charge in [-0.2, -0.15) is 0 Å². The molecule has 0 spiro atoms. The molecule has 0 aliphatic rings. The highest BCUT2D eigenvalue weighted by atomic mass is 16.6. The summed E-state index contributed by atoms with van der Waals surface area (Å²) in [6, 6.07) is 5.36. The fourth-order valence-electron chi connectivity index (χ4n) is 2.22. The lowest BCUT2D eigenvalue weighted by Gasteiger charge is -2.27. The van der Waals surface area contributed by atoms with Crippen molar-refractivity contribution in [1.29, 1.82) is 0 Å². The summed E-state index contributed by atoms with van der Waals surface area (Å²) < 4.78 is 5.01. The van der Waals surface area contributed by atoms with Crippen LogP contribution < -0.4 is 10.4 Å². The van der Waals surface area contributed by atoms with Crippen LogP contribution >= 0.6 is 0 Å². The molecule has 1 rings (SSSR count). The summed E-state index contributed by atoms with van der Waals surface area (Å²) in [5.41, 5.74) is 0.697. The minimum absolute atomic E-state index is 0.382. The summed E-state index contributed by atoms with van der Waals surface area (Å²) in [4.78, 5) is 23.0. The second-order valence-corrected chi connectivity index (χ2v) is 7.23. The van der Waals surface area contributed by atoms with E-state index in [-0.39, 0.29) is 0 Å². The van der Waals surface area contributed by atoms with E-state index in [1.807, 2.05) is 12.1 Å². The van der Waals surface area contributed by atoms with E-state index in [0.29, 0.717) is 11.5 Å². The second-order valence-electron chi connectivity index (χ2n) is 7.23. The summed E-state index contributed by atoms with van der Waals surface area (Å²) in [7, 11) is 0. The zero-order chi connectivity index (χ0) is 18.5. The molecule has 1 aromatic carbocycles. The number of aliphatic hydroxyl groups excluding tert-OH is 1. The fraction of sp³-hybridized carbons (Fsp3) is 0.556. The molecule has 0 aliphatic carbocycles. The van der Waals surface area contributed by atoms with Crippen LogP contribution in [0.25, 0.3) is 0 Å². The van der Waals surface area contributed by atoms with Crippen molar-refractivity contribution in [1.82, 2.24) is 5.32 Å². The van der Waals surface area contributed by atoms with Crippen LogP contribution in [-0.2, 0) is 16.0 Å². The molecule has 2 atom stereocenters. The fourth-order valence-corrected chi connectivity index (χ4v) is 2.22. The van der Waals surface area contributed by atoms with Crippen LogP contribution in [0.3, 0.4) is 0 Å². The molecule has 0 saturated carbocycles. The number of ether oxygens (including phenoxy) is 1. The molecule has 0 fully saturated rings. The third-order valence-electron chi connectivity index (χ3n) is 3.21. The van der Waals surface area contributed by atoms with Crippen LogP contribution in [0.1, 0.15) is 51.8 Å². The van der Waals surface area contributed by atoms with Crippen molar-refractivity contribution in [3.8, 4) is 0 Å². The molecule has 0 aromatic heterocycles. The molecule has 6 heteroatoms. The van der Waals surface area contributed by atoms with Gasteiger partial charge in [0.25, 0.3) is 0 Å². The number of benzene rings is 1. The number of alkyl carbamates (subject to hydrolysis) is 1. The average molecular weight is 336 g/mol. The Morgan fingerprint density at radius 1 is 1.21 bits per heavy atom. The molecule has 0 saturated heterocycles. The number of carboxylic acids is 1. The summed E-state index contributed by atoms with van der Waals surface area (Å²) in [5.74, 6) is -1.09. The predicted molar refractivity (Wildman–Crippen MR) is 88.1 cm³/mol. The highest BCUT2D eigenvalue weighted by Crippen LogP contribution is 2.19. The molecule has 2 N–H and O–H groups in total. The molecule has 0 radical (unpaired) electrons. The van der Waals surface area contributed by atoms with Gasteiger partial charge in [-0.3, -0.25) is 0 Å². The number of aliphatic carboxylic acids is 1. The maximum absolute atomic E-state index is 11.7. The first-order valence-electron chi connectivity index (χ1n) is 7.97. The molecule has 1 aromatic rings. The Labute approximate surface area is 142 Å². The first-order chi connectivity index (χ1) is 11.0. The highest BCUT2D eigenvalue weighted by Gasteiger charge is 2.26. The number of hydrogen-bond acceptors (Lipinski definition) is 5. The minimum atomic E-state index is -1.60. The topological polar surface area (TPSA) is 98.7 Å². The van der Waals surface area contributed by atoms with E-state index in [1.165, 1.54) is 0 Å². The largest absolute Gasteiger partial charge is 0.548 e. The van der Waals surface area contributed by atoms with Crippen molar-refractivity contribution in [2.75, 3.05) is 0 Å². The van der Waals surface area contributed by atoms with Gasteiger partial charge in [0, 0.05) is 0 Å². The summed E-state index contributed by atoms with van der Waals surface area (Å²) in [6.45, 7) is 9.17. The highest BCUT2D eigenvalue weighted by molar-refractivity contribution is 5.79. The first-order valence-corrected chi connectivity index (χ1v) is 7.97. The number of carbonyl (C=O) groups is 2. The van der Waals surface area contributed by atoms with Gasteiger partial charge in [-0.1, -0.05) is 38.1 Å². The number of carbonyl (C=O) groups excluding carboxylic acids is 2. The van der Waals surface area contributed by atoms with Crippen LogP contribution in [0.2, 0.25) is 0 Å². The monoisotopic (exact) mass is 336 g/mol. The second kappa shape index (κ2) is 8.15. The van der Waals surface area contributed by atoms with Gasteiger partial charge in [-0.15, -0.1) is 0 Å². The number of nitrogens with one attached hydrogen (secondary N) is 1. The van der Waals surface area contributed by atoms with E-state index < -0.39 is 29.8 Å². The summed E-state index contributed by atoms with van der Waals surface area (Å²) in [5, 5.41) is 23.7. The molecule has 0 aliphatic heterocycles. The molecular formula is C18H26NO5-. The lowest BCUT2D eigenvalue weighted by molar-refractivity contribution is -0.310. The molecule has 6 nitrogen and oxygen atoms in total. The van der Waals surface area contributed by atoms with Gasteiger partial charge in [0.2, 0.25) is 0 Å². The third-order valence-corrected chi connectivity index (χ3v) is 3.21. The Kier molecular flexibility index (Phi) is 6.78. The standard InChI is InChI=1S/C18H27NO5/c1-11(2)10-12-6-8-13(9-7-12)15(20)14(16(21)22)19-17(23)24-18(3,4)5/h6-9,11,14-15,20H,10H2,1-5H3,(H,19,23)(H,21,22)/p-1/t14-,15-/m0/s1. The molecule has 0 bridgehead atoms. The van der Waals surface area contributed by atoms with E-state index >= 15 is 0 Å². The smallest absolute Gasteiger partial charge is 0.408 e. The van der Waals surface area contributed by atoms with Crippen molar-refractivity contribution in [2.24, 2.45) is 5.92 Å². The predicted octanol–water partition coefficient (Wildman–Crippen LogP) is 1.56. The Balaban J connectivity index is 2.84. The van der Waals surface area contributed by atoms with Gasteiger partial charge in [0.15, 0.2) is 0 Å². The molecule has 24 heavy (non-hydrogen) atoms. The number of carboxylic acid groups (broad SMARTS) is 1. The number of rotatable bonds is 6. The summed E-state index contributed by atoms with van der Waals surface area (Å²) >= 11 is 0. The van der Waals surface area contributed by atoms with Crippen molar-refractivity contribution in [2.45, 2.75) is 58.8 Å².